The van der Waals surface area contributed by atoms with E-state index in [-0.39, 0.29) is 17.9 Å². The van der Waals surface area contributed by atoms with Crippen LogP contribution in [0.15, 0.2) is 24.5 Å². The lowest BCUT2D eigenvalue weighted by Crippen LogP contribution is -2.26. The normalized spacial score (nSPS) is 22.5. The van der Waals surface area contributed by atoms with Crippen molar-refractivity contribution in [2.24, 2.45) is 11.8 Å². The van der Waals surface area contributed by atoms with Gasteiger partial charge >= 0.3 is 12.1 Å². The number of alkyl halides is 3. The number of aliphatic carboxylic acids is 1. The summed E-state index contributed by atoms with van der Waals surface area (Å²) >= 11 is 1.60. The summed E-state index contributed by atoms with van der Waals surface area (Å²) in [6.45, 7) is 4.32. The summed E-state index contributed by atoms with van der Waals surface area (Å²) in [7, 11) is 0. The number of anilines is 2. The number of ether oxygens (including phenoxy) is 1. The molecule has 2 aliphatic heterocycles. The van der Waals surface area contributed by atoms with Crippen LogP contribution in [0.4, 0.5) is 24.0 Å². The van der Waals surface area contributed by atoms with E-state index in [0.717, 1.165) is 28.9 Å². The van der Waals surface area contributed by atoms with Gasteiger partial charge in [-0.25, -0.2) is 4.79 Å². The number of hydrogen-bond donors (Lipinski definition) is 2. The van der Waals surface area contributed by atoms with Gasteiger partial charge in [0, 0.05) is 31.6 Å². The van der Waals surface area contributed by atoms with Gasteiger partial charge in [-0.3, -0.25) is 9.78 Å². The van der Waals surface area contributed by atoms with Crippen molar-refractivity contribution in [1.82, 2.24) is 15.2 Å². The zero-order valence-electron chi connectivity index (χ0n) is 16.4. The number of amides is 1. The number of aryl methyl sites for hydroxylation is 1. The van der Waals surface area contributed by atoms with E-state index in [0.29, 0.717) is 18.9 Å². The topological polar surface area (TPSA) is 118 Å². The molecule has 0 unspecified atom stereocenters. The molecule has 0 radical (unpaired) electrons. The molecule has 3 atom stereocenters. The maximum atomic E-state index is 12.3. The molecule has 4 heterocycles. The highest BCUT2D eigenvalue weighted by Gasteiger charge is 2.45. The van der Waals surface area contributed by atoms with Gasteiger partial charge < -0.3 is 20.1 Å². The van der Waals surface area contributed by atoms with Gasteiger partial charge in [-0.1, -0.05) is 11.3 Å². The van der Waals surface area contributed by atoms with E-state index < -0.39 is 12.1 Å². The van der Waals surface area contributed by atoms with Crippen LogP contribution in [0.2, 0.25) is 0 Å². The number of carbonyl (C=O) groups is 2. The molecule has 0 aliphatic carbocycles. The third-order valence-corrected chi connectivity index (χ3v) is 5.76. The Morgan fingerprint density at radius 2 is 2.10 bits per heavy atom. The van der Waals surface area contributed by atoms with Crippen LogP contribution >= 0.6 is 11.3 Å². The summed E-state index contributed by atoms with van der Waals surface area (Å²) in [6.07, 6.45) is -1.08. The highest BCUT2D eigenvalue weighted by atomic mass is 32.1. The number of carboxylic acid groups (broad SMARTS) is 1. The van der Waals surface area contributed by atoms with Gasteiger partial charge in [0.1, 0.15) is 5.01 Å². The molecular formula is C18H20F3N5O4S. The zero-order valence-corrected chi connectivity index (χ0v) is 17.2. The Morgan fingerprint density at radius 3 is 2.68 bits per heavy atom. The number of fused-ring (bicyclic) bond motifs is 1. The van der Waals surface area contributed by atoms with Crippen LogP contribution in [-0.2, 0) is 14.3 Å². The lowest BCUT2D eigenvalue weighted by Gasteiger charge is -2.18. The number of carbonyl (C=O) groups excluding carboxylic acids is 1. The van der Waals surface area contributed by atoms with Gasteiger partial charge in [-0.2, -0.15) is 13.2 Å². The number of aromatic nitrogens is 3. The Kier molecular flexibility index (Phi) is 7.05. The first-order chi connectivity index (χ1) is 14.6. The summed E-state index contributed by atoms with van der Waals surface area (Å²) < 4.78 is 37.7. The fraction of sp³-hybridized carbons (Fsp3) is 0.500. The van der Waals surface area contributed by atoms with E-state index >= 15 is 0 Å². The van der Waals surface area contributed by atoms with Crippen LogP contribution in [0.25, 0.3) is 0 Å². The summed E-state index contributed by atoms with van der Waals surface area (Å²) in [5, 5.41) is 20.3. The molecule has 2 saturated heterocycles. The highest BCUT2D eigenvalue weighted by molar-refractivity contribution is 7.15. The van der Waals surface area contributed by atoms with Gasteiger partial charge in [-0.05, 0) is 25.0 Å². The van der Waals surface area contributed by atoms with Crippen molar-refractivity contribution in [3.05, 3.63) is 29.5 Å². The van der Waals surface area contributed by atoms with Gasteiger partial charge in [0.25, 0.3) is 0 Å². The number of halogens is 3. The molecule has 2 fully saturated rings. The quantitative estimate of drug-likeness (QED) is 0.716. The molecule has 13 heteroatoms. The van der Waals surface area contributed by atoms with Gasteiger partial charge in [0.15, 0.2) is 0 Å². The molecule has 0 saturated carbocycles. The van der Waals surface area contributed by atoms with Crippen LogP contribution in [0.5, 0.6) is 0 Å². The predicted molar refractivity (Wildman–Crippen MR) is 105 cm³/mol. The molecule has 0 aromatic carbocycles. The van der Waals surface area contributed by atoms with Crippen molar-refractivity contribution in [3.8, 4) is 0 Å². The maximum Gasteiger partial charge on any atom is 0.490 e. The minimum Gasteiger partial charge on any atom is -0.475 e. The van der Waals surface area contributed by atoms with Crippen molar-refractivity contribution >= 4 is 34.0 Å². The lowest BCUT2D eigenvalue weighted by atomic mass is 9.90. The average molecular weight is 459 g/mol. The van der Waals surface area contributed by atoms with Crippen LogP contribution in [-0.4, -0.2) is 64.1 Å². The number of nitrogens with zero attached hydrogens (tertiary/aromatic N) is 4. The summed E-state index contributed by atoms with van der Waals surface area (Å²) in [6, 6.07) is 3.65. The Morgan fingerprint density at radius 1 is 1.35 bits per heavy atom. The lowest BCUT2D eigenvalue weighted by molar-refractivity contribution is -0.192. The molecule has 2 aromatic rings. The Balaban J connectivity index is 0.000000339. The van der Waals surface area contributed by atoms with Crippen LogP contribution in [0.1, 0.15) is 11.4 Å². The molecule has 31 heavy (non-hydrogen) atoms. The van der Waals surface area contributed by atoms with E-state index in [2.05, 4.69) is 25.4 Å². The largest absolute Gasteiger partial charge is 0.490 e. The monoisotopic (exact) mass is 459 g/mol. The molecule has 1 amide bonds. The first-order valence-corrected chi connectivity index (χ1v) is 10.1. The van der Waals surface area contributed by atoms with Crippen molar-refractivity contribution in [3.63, 3.8) is 0 Å². The Bertz CT molecular complexity index is 911. The minimum atomic E-state index is -5.08. The van der Waals surface area contributed by atoms with E-state index in [4.69, 9.17) is 14.6 Å². The standard InChI is InChI=1S/C16H19N5O2S.C2HF3O2/c1-10-19-20-16(24-10)21-7-13-11(9-23-14(13)8-21)5-15(22)18-12-3-2-4-17-6-12;3-2(4,5)1(6)7/h2-4,6,11,13-14H,5,7-9H2,1H3,(H,18,22);(H,6,7)/t11-,13-,14-;/m1./s1. The highest BCUT2D eigenvalue weighted by Crippen LogP contribution is 2.38. The second-order valence-electron chi connectivity index (χ2n) is 7.10. The first kappa shape index (κ1) is 22.9. The summed E-state index contributed by atoms with van der Waals surface area (Å²) in [5.41, 5.74) is 0.732. The maximum absolute atomic E-state index is 12.3. The molecule has 168 valence electrons. The number of rotatable bonds is 4. The number of hydrogen-bond acceptors (Lipinski definition) is 8. The third-order valence-electron chi connectivity index (χ3n) is 4.86. The van der Waals surface area contributed by atoms with Crippen LogP contribution in [0, 0.1) is 18.8 Å². The second-order valence-corrected chi connectivity index (χ2v) is 8.26. The zero-order chi connectivity index (χ0) is 22.6. The van der Waals surface area contributed by atoms with E-state index in [9.17, 15) is 18.0 Å². The van der Waals surface area contributed by atoms with Crippen molar-refractivity contribution in [1.29, 1.82) is 0 Å². The molecule has 0 bridgehead atoms. The van der Waals surface area contributed by atoms with Gasteiger partial charge in [-0.15, -0.1) is 10.2 Å². The summed E-state index contributed by atoms with van der Waals surface area (Å²) in [5.74, 6) is -2.13. The van der Waals surface area contributed by atoms with E-state index in [1.54, 1.807) is 23.7 Å². The van der Waals surface area contributed by atoms with Gasteiger partial charge in [0.05, 0.1) is 24.6 Å². The van der Waals surface area contributed by atoms with Crippen molar-refractivity contribution in [2.75, 3.05) is 29.9 Å². The minimum absolute atomic E-state index is 0.0162. The average Bonchev–Trinajstić information content (AvgIpc) is 3.39. The fourth-order valence-electron chi connectivity index (χ4n) is 3.47. The smallest absolute Gasteiger partial charge is 0.475 e. The van der Waals surface area contributed by atoms with Crippen molar-refractivity contribution < 1.29 is 32.6 Å². The molecule has 2 aromatic heterocycles. The molecule has 2 aliphatic rings. The third kappa shape index (κ3) is 6.10. The molecule has 2 N–H and O–H groups in total. The molecular weight excluding hydrogens is 439 g/mol. The Labute approximate surface area is 179 Å². The van der Waals surface area contributed by atoms with E-state index in [1.807, 2.05) is 19.1 Å². The first-order valence-electron chi connectivity index (χ1n) is 9.30. The molecule has 0 spiro atoms. The molecule has 9 nitrogen and oxygen atoms in total. The van der Waals surface area contributed by atoms with Crippen LogP contribution < -0.4 is 10.2 Å². The van der Waals surface area contributed by atoms with E-state index in [1.165, 1.54) is 0 Å². The van der Waals surface area contributed by atoms with Gasteiger partial charge in [0.2, 0.25) is 11.0 Å². The summed E-state index contributed by atoms with van der Waals surface area (Å²) in [4.78, 5) is 27.4. The Hall–Kier alpha value is -2.80. The number of pyridine rings is 1. The fourth-order valence-corrected chi connectivity index (χ4v) is 4.17. The second kappa shape index (κ2) is 9.56. The SMILES string of the molecule is Cc1nnc(N2C[C@@H]3[C@H](CC(=O)Nc4cccnc4)CO[C@@H]3C2)s1.O=C(O)C(F)(F)F. The molecule has 4 rings (SSSR count). The number of carboxylic acids is 1. The van der Waals surface area contributed by atoms with Crippen molar-refractivity contribution in [2.45, 2.75) is 25.6 Å². The number of nitrogens with one attached hydrogen (secondary N) is 1. The predicted octanol–water partition coefficient (Wildman–Crippen LogP) is 2.35. The van der Waals surface area contributed by atoms with Crippen LogP contribution in [0.3, 0.4) is 0 Å².